The number of nitrogens with zero attached hydrogens (tertiary/aromatic N) is 2. The molecule has 0 radical (unpaired) electrons. The molecule has 0 bridgehead atoms. The maximum Gasteiger partial charge on any atom is 0.186 e. The number of thiophene rings is 1. The standard InChI is InChI=1S/C15H20FN3S/c1-5-10-12(16)14(18-9-17-10)19-13(15(2,3)4)11-7-6-8-20-11/h6-9,13H,5H2,1-4H3,(H,17,18,19). The first kappa shape index (κ1) is 14.9. The van der Waals surface area contributed by atoms with E-state index in [1.807, 2.05) is 18.4 Å². The van der Waals surface area contributed by atoms with E-state index in [-0.39, 0.29) is 23.1 Å². The van der Waals surface area contributed by atoms with Gasteiger partial charge in [-0.25, -0.2) is 14.4 Å². The van der Waals surface area contributed by atoms with E-state index in [9.17, 15) is 4.39 Å². The summed E-state index contributed by atoms with van der Waals surface area (Å²) in [4.78, 5) is 9.20. The van der Waals surface area contributed by atoms with Gasteiger partial charge < -0.3 is 5.32 Å². The van der Waals surface area contributed by atoms with Gasteiger partial charge in [0.1, 0.15) is 6.33 Å². The van der Waals surface area contributed by atoms with E-state index in [1.165, 1.54) is 11.2 Å². The van der Waals surface area contributed by atoms with Crippen LogP contribution in [0.4, 0.5) is 10.2 Å². The molecule has 0 aliphatic heterocycles. The minimum atomic E-state index is -0.346. The Morgan fingerprint density at radius 2 is 2.10 bits per heavy atom. The van der Waals surface area contributed by atoms with E-state index in [0.717, 1.165) is 0 Å². The second-order valence-electron chi connectivity index (χ2n) is 5.80. The monoisotopic (exact) mass is 293 g/mol. The minimum absolute atomic E-state index is 0.0107. The van der Waals surface area contributed by atoms with Crippen molar-refractivity contribution in [2.24, 2.45) is 5.41 Å². The molecule has 0 aliphatic carbocycles. The largest absolute Gasteiger partial charge is 0.359 e. The van der Waals surface area contributed by atoms with Gasteiger partial charge in [-0.3, -0.25) is 0 Å². The SMILES string of the molecule is CCc1ncnc(NC(c2cccs2)C(C)(C)C)c1F. The molecule has 0 aromatic carbocycles. The van der Waals surface area contributed by atoms with Crippen LogP contribution in [0.25, 0.3) is 0 Å². The van der Waals surface area contributed by atoms with E-state index in [2.05, 4.69) is 42.1 Å². The van der Waals surface area contributed by atoms with Crippen molar-refractivity contribution in [3.05, 3.63) is 40.2 Å². The van der Waals surface area contributed by atoms with Crippen molar-refractivity contribution >= 4 is 17.2 Å². The first-order chi connectivity index (χ1) is 9.43. The fourth-order valence-electron chi connectivity index (χ4n) is 2.06. The van der Waals surface area contributed by atoms with E-state index >= 15 is 0 Å². The van der Waals surface area contributed by atoms with Gasteiger partial charge in [-0.15, -0.1) is 11.3 Å². The average molecular weight is 293 g/mol. The van der Waals surface area contributed by atoms with Crippen LogP contribution in [0.2, 0.25) is 0 Å². The molecule has 0 saturated heterocycles. The lowest BCUT2D eigenvalue weighted by atomic mass is 9.86. The van der Waals surface area contributed by atoms with Crippen LogP contribution in [0.1, 0.15) is 44.3 Å². The average Bonchev–Trinajstić information content (AvgIpc) is 2.89. The lowest BCUT2D eigenvalue weighted by Crippen LogP contribution is -2.26. The lowest BCUT2D eigenvalue weighted by Gasteiger charge is -2.31. The number of aryl methyl sites for hydroxylation is 1. The Balaban J connectivity index is 2.34. The van der Waals surface area contributed by atoms with Gasteiger partial charge in [0.15, 0.2) is 11.6 Å². The fourth-order valence-corrected chi connectivity index (χ4v) is 3.08. The Morgan fingerprint density at radius 1 is 1.35 bits per heavy atom. The summed E-state index contributed by atoms with van der Waals surface area (Å²) in [5.74, 6) is -0.0639. The van der Waals surface area contributed by atoms with E-state index in [0.29, 0.717) is 12.1 Å². The van der Waals surface area contributed by atoms with Crippen LogP contribution in [0, 0.1) is 11.2 Å². The number of nitrogens with one attached hydrogen (secondary N) is 1. The molecule has 20 heavy (non-hydrogen) atoms. The second-order valence-corrected chi connectivity index (χ2v) is 6.77. The molecule has 1 N–H and O–H groups in total. The number of aromatic nitrogens is 2. The Labute approximate surface area is 123 Å². The van der Waals surface area contributed by atoms with Crippen LogP contribution in [0.5, 0.6) is 0 Å². The highest BCUT2D eigenvalue weighted by molar-refractivity contribution is 7.10. The number of hydrogen-bond acceptors (Lipinski definition) is 4. The molecule has 2 aromatic rings. The Hall–Kier alpha value is -1.49. The predicted octanol–water partition coefficient (Wildman–Crippen LogP) is 4.44. The van der Waals surface area contributed by atoms with Crippen molar-refractivity contribution in [2.75, 3.05) is 5.32 Å². The van der Waals surface area contributed by atoms with Gasteiger partial charge in [0.2, 0.25) is 0 Å². The van der Waals surface area contributed by atoms with Crippen LogP contribution in [0.15, 0.2) is 23.8 Å². The Bertz CT molecular complexity index is 561. The van der Waals surface area contributed by atoms with Gasteiger partial charge in [-0.1, -0.05) is 33.8 Å². The summed E-state index contributed by atoms with van der Waals surface area (Å²) in [5, 5.41) is 5.28. The molecule has 0 fully saturated rings. The van der Waals surface area contributed by atoms with Gasteiger partial charge >= 0.3 is 0 Å². The smallest absolute Gasteiger partial charge is 0.186 e. The van der Waals surface area contributed by atoms with Crippen LogP contribution in [-0.2, 0) is 6.42 Å². The summed E-state index contributed by atoms with van der Waals surface area (Å²) in [6, 6.07) is 4.08. The zero-order valence-electron chi connectivity index (χ0n) is 12.3. The summed E-state index contributed by atoms with van der Waals surface area (Å²) in [5.41, 5.74) is 0.399. The fraction of sp³-hybridized carbons (Fsp3) is 0.467. The molecule has 0 aliphatic rings. The summed E-state index contributed by atoms with van der Waals surface area (Å²) >= 11 is 1.66. The molecule has 0 amide bonds. The first-order valence-corrected chi connectivity index (χ1v) is 7.60. The van der Waals surface area contributed by atoms with E-state index < -0.39 is 0 Å². The first-order valence-electron chi connectivity index (χ1n) is 6.72. The molecular formula is C15H20FN3S. The molecule has 0 spiro atoms. The zero-order valence-corrected chi connectivity index (χ0v) is 13.1. The molecule has 1 atom stereocenters. The van der Waals surface area contributed by atoms with Crippen molar-refractivity contribution < 1.29 is 4.39 Å². The summed E-state index contributed by atoms with van der Waals surface area (Å²) in [7, 11) is 0. The maximum atomic E-state index is 14.3. The Kier molecular flexibility index (Phi) is 4.38. The lowest BCUT2D eigenvalue weighted by molar-refractivity contribution is 0.349. The zero-order chi connectivity index (χ0) is 14.8. The molecule has 108 valence electrons. The molecule has 3 nitrogen and oxygen atoms in total. The van der Waals surface area contributed by atoms with Gasteiger partial charge in [-0.2, -0.15) is 0 Å². The number of anilines is 1. The molecule has 2 aromatic heterocycles. The summed E-state index contributed by atoms with van der Waals surface area (Å²) in [6.07, 6.45) is 1.97. The van der Waals surface area contributed by atoms with Crippen LogP contribution < -0.4 is 5.32 Å². The van der Waals surface area contributed by atoms with Crippen molar-refractivity contribution in [3.8, 4) is 0 Å². The number of halogens is 1. The van der Waals surface area contributed by atoms with Gasteiger partial charge in [0, 0.05) is 4.88 Å². The minimum Gasteiger partial charge on any atom is -0.359 e. The molecular weight excluding hydrogens is 273 g/mol. The molecule has 0 saturated carbocycles. The highest BCUT2D eigenvalue weighted by Crippen LogP contribution is 2.38. The molecule has 2 heterocycles. The van der Waals surface area contributed by atoms with Gasteiger partial charge in [-0.05, 0) is 23.3 Å². The maximum absolute atomic E-state index is 14.3. The molecule has 2 rings (SSSR count). The third-order valence-corrected chi connectivity index (χ3v) is 4.11. The van der Waals surface area contributed by atoms with Crippen molar-refractivity contribution in [2.45, 2.75) is 40.2 Å². The summed E-state index contributed by atoms with van der Waals surface area (Å²) in [6.45, 7) is 8.27. The van der Waals surface area contributed by atoms with Crippen molar-refractivity contribution in [1.29, 1.82) is 0 Å². The van der Waals surface area contributed by atoms with Gasteiger partial charge in [0.05, 0.1) is 11.7 Å². The van der Waals surface area contributed by atoms with E-state index in [1.54, 1.807) is 11.3 Å². The topological polar surface area (TPSA) is 37.8 Å². The Morgan fingerprint density at radius 3 is 2.65 bits per heavy atom. The highest BCUT2D eigenvalue weighted by Gasteiger charge is 2.28. The molecule has 1 unspecified atom stereocenters. The van der Waals surface area contributed by atoms with Crippen LogP contribution >= 0.6 is 11.3 Å². The predicted molar refractivity (Wildman–Crippen MR) is 81.5 cm³/mol. The van der Waals surface area contributed by atoms with Crippen LogP contribution in [0.3, 0.4) is 0 Å². The van der Waals surface area contributed by atoms with Crippen molar-refractivity contribution in [3.63, 3.8) is 0 Å². The summed E-state index contributed by atoms with van der Waals surface area (Å²) < 4.78 is 14.3. The van der Waals surface area contributed by atoms with E-state index in [4.69, 9.17) is 0 Å². The third kappa shape index (κ3) is 3.15. The van der Waals surface area contributed by atoms with Crippen LogP contribution in [-0.4, -0.2) is 9.97 Å². The quantitative estimate of drug-likeness (QED) is 0.905. The normalized spacial score (nSPS) is 13.2. The number of rotatable bonds is 4. The number of hydrogen-bond donors (Lipinski definition) is 1. The third-order valence-electron chi connectivity index (χ3n) is 3.17. The van der Waals surface area contributed by atoms with Gasteiger partial charge in [0.25, 0.3) is 0 Å². The molecule has 5 heteroatoms. The van der Waals surface area contributed by atoms with Crippen molar-refractivity contribution in [1.82, 2.24) is 9.97 Å². The highest BCUT2D eigenvalue weighted by atomic mass is 32.1. The second kappa shape index (κ2) is 5.87.